The molecule has 0 aliphatic rings. The van der Waals surface area contributed by atoms with Gasteiger partial charge < -0.3 is 5.73 Å². The van der Waals surface area contributed by atoms with Crippen molar-refractivity contribution in [1.82, 2.24) is 15.2 Å². The minimum absolute atomic E-state index is 0.414. The van der Waals surface area contributed by atoms with Gasteiger partial charge in [0.05, 0.1) is 0 Å². The molecule has 15 heavy (non-hydrogen) atoms. The summed E-state index contributed by atoms with van der Waals surface area (Å²) in [5, 5.41) is 7.75. The SMILES string of the molecule is Cc1ccc(-c2nncnc2N)c(C)c1. The Labute approximate surface area is 88.2 Å². The van der Waals surface area contributed by atoms with Gasteiger partial charge in [-0.15, -0.1) is 10.2 Å². The lowest BCUT2D eigenvalue weighted by atomic mass is 10.0. The Morgan fingerprint density at radius 2 is 2.00 bits per heavy atom. The molecular weight excluding hydrogens is 188 g/mol. The van der Waals surface area contributed by atoms with Crippen LogP contribution in [0.1, 0.15) is 11.1 Å². The molecule has 0 radical (unpaired) electrons. The monoisotopic (exact) mass is 200 g/mol. The maximum atomic E-state index is 5.75. The third-order valence-corrected chi connectivity index (χ3v) is 2.29. The van der Waals surface area contributed by atoms with Gasteiger partial charge in [-0.1, -0.05) is 23.8 Å². The van der Waals surface area contributed by atoms with Crippen molar-refractivity contribution in [3.8, 4) is 11.3 Å². The van der Waals surface area contributed by atoms with E-state index in [0.29, 0.717) is 11.5 Å². The zero-order chi connectivity index (χ0) is 10.8. The van der Waals surface area contributed by atoms with Crippen molar-refractivity contribution in [2.24, 2.45) is 0 Å². The standard InChI is InChI=1S/C11H12N4/c1-7-3-4-9(8(2)5-7)10-11(12)13-6-14-15-10/h3-6H,1-2H3,(H2,12,13,14). The van der Waals surface area contributed by atoms with Crippen LogP contribution in [0.25, 0.3) is 11.3 Å². The highest BCUT2D eigenvalue weighted by molar-refractivity contribution is 5.71. The van der Waals surface area contributed by atoms with E-state index in [9.17, 15) is 0 Å². The molecule has 0 bridgehead atoms. The molecule has 0 saturated carbocycles. The van der Waals surface area contributed by atoms with E-state index in [1.807, 2.05) is 19.1 Å². The average molecular weight is 200 g/mol. The fourth-order valence-corrected chi connectivity index (χ4v) is 1.56. The van der Waals surface area contributed by atoms with Gasteiger partial charge in [0.15, 0.2) is 5.82 Å². The van der Waals surface area contributed by atoms with E-state index in [0.717, 1.165) is 11.1 Å². The van der Waals surface area contributed by atoms with Crippen molar-refractivity contribution in [3.63, 3.8) is 0 Å². The van der Waals surface area contributed by atoms with Crippen LogP contribution in [0.2, 0.25) is 0 Å². The van der Waals surface area contributed by atoms with Gasteiger partial charge >= 0.3 is 0 Å². The average Bonchev–Trinajstić information content (AvgIpc) is 2.20. The van der Waals surface area contributed by atoms with E-state index >= 15 is 0 Å². The van der Waals surface area contributed by atoms with E-state index in [2.05, 4.69) is 28.2 Å². The first-order valence-electron chi connectivity index (χ1n) is 4.69. The summed E-state index contributed by atoms with van der Waals surface area (Å²) in [6.45, 7) is 4.07. The first kappa shape index (κ1) is 9.58. The van der Waals surface area contributed by atoms with Crippen LogP contribution in [0, 0.1) is 13.8 Å². The molecule has 1 aromatic carbocycles. The number of aromatic nitrogens is 3. The van der Waals surface area contributed by atoms with E-state index < -0.39 is 0 Å². The Hall–Kier alpha value is -1.97. The summed E-state index contributed by atoms with van der Waals surface area (Å²) in [7, 11) is 0. The van der Waals surface area contributed by atoms with Crippen LogP contribution in [0.4, 0.5) is 5.82 Å². The van der Waals surface area contributed by atoms with Crippen molar-refractivity contribution in [3.05, 3.63) is 35.7 Å². The number of hydrogen-bond acceptors (Lipinski definition) is 4. The van der Waals surface area contributed by atoms with E-state index in [-0.39, 0.29) is 0 Å². The molecule has 2 N–H and O–H groups in total. The van der Waals surface area contributed by atoms with Gasteiger partial charge in [-0.05, 0) is 19.4 Å². The van der Waals surface area contributed by atoms with Crippen molar-refractivity contribution < 1.29 is 0 Å². The second kappa shape index (κ2) is 3.65. The zero-order valence-corrected chi connectivity index (χ0v) is 8.73. The molecule has 4 heteroatoms. The van der Waals surface area contributed by atoms with Crippen molar-refractivity contribution in [1.29, 1.82) is 0 Å². The number of aryl methyl sites for hydroxylation is 2. The second-order valence-corrected chi connectivity index (χ2v) is 3.51. The van der Waals surface area contributed by atoms with Gasteiger partial charge in [0.25, 0.3) is 0 Å². The summed E-state index contributed by atoms with van der Waals surface area (Å²) in [5.41, 5.74) is 9.72. The Balaban J connectivity index is 2.60. The van der Waals surface area contributed by atoms with Gasteiger partial charge in [-0.2, -0.15) is 0 Å². The van der Waals surface area contributed by atoms with Crippen molar-refractivity contribution >= 4 is 5.82 Å². The fourth-order valence-electron chi connectivity index (χ4n) is 1.56. The largest absolute Gasteiger partial charge is 0.382 e. The van der Waals surface area contributed by atoms with Crippen LogP contribution in [0.15, 0.2) is 24.5 Å². The quantitative estimate of drug-likeness (QED) is 0.761. The van der Waals surface area contributed by atoms with Crippen LogP contribution in [0.5, 0.6) is 0 Å². The Kier molecular flexibility index (Phi) is 2.33. The highest BCUT2D eigenvalue weighted by Gasteiger charge is 2.08. The van der Waals surface area contributed by atoms with Gasteiger partial charge in [0.2, 0.25) is 0 Å². The lowest BCUT2D eigenvalue weighted by Crippen LogP contribution is -1.99. The third kappa shape index (κ3) is 1.79. The van der Waals surface area contributed by atoms with Crippen LogP contribution in [-0.2, 0) is 0 Å². The second-order valence-electron chi connectivity index (χ2n) is 3.51. The number of benzene rings is 1. The summed E-state index contributed by atoms with van der Waals surface area (Å²) in [6, 6.07) is 6.10. The fraction of sp³-hybridized carbons (Fsp3) is 0.182. The van der Waals surface area contributed by atoms with Crippen LogP contribution in [0.3, 0.4) is 0 Å². The van der Waals surface area contributed by atoms with E-state index in [1.165, 1.54) is 11.9 Å². The predicted octanol–water partition coefficient (Wildman–Crippen LogP) is 1.74. The van der Waals surface area contributed by atoms with Crippen LogP contribution in [-0.4, -0.2) is 15.2 Å². The topological polar surface area (TPSA) is 64.7 Å². The number of anilines is 1. The summed E-state index contributed by atoms with van der Waals surface area (Å²) in [4.78, 5) is 3.92. The minimum atomic E-state index is 0.414. The van der Waals surface area contributed by atoms with Crippen molar-refractivity contribution in [2.45, 2.75) is 13.8 Å². The van der Waals surface area contributed by atoms with E-state index in [1.54, 1.807) is 0 Å². The first-order chi connectivity index (χ1) is 7.18. The van der Waals surface area contributed by atoms with Gasteiger partial charge in [0, 0.05) is 5.56 Å². The van der Waals surface area contributed by atoms with Crippen LogP contribution >= 0.6 is 0 Å². The maximum absolute atomic E-state index is 5.75. The van der Waals surface area contributed by atoms with Gasteiger partial charge in [0.1, 0.15) is 12.0 Å². The lowest BCUT2D eigenvalue weighted by molar-refractivity contribution is 0.981. The van der Waals surface area contributed by atoms with E-state index in [4.69, 9.17) is 5.73 Å². The highest BCUT2D eigenvalue weighted by Crippen LogP contribution is 2.24. The van der Waals surface area contributed by atoms with Crippen LogP contribution < -0.4 is 5.73 Å². The lowest BCUT2D eigenvalue weighted by Gasteiger charge is -2.06. The summed E-state index contributed by atoms with van der Waals surface area (Å²) >= 11 is 0. The maximum Gasteiger partial charge on any atom is 0.153 e. The molecule has 0 unspecified atom stereocenters. The first-order valence-corrected chi connectivity index (χ1v) is 4.69. The molecular formula is C11H12N4. The minimum Gasteiger partial charge on any atom is -0.382 e. The Bertz CT molecular complexity index is 494. The molecule has 0 saturated heterocycles. The smallest absolute Gasteiger partial charge is 0.153 e. The Morgan fingerprint density at radius 1 is 1.20 bits per heavy atom. The molecule has 0 spiro atoms. The number of nitrogens with two attached hydrogens (primary N) is 1. The zero-order valence-electron chi connectivity index (χ0n) is 8.73. The number of hydrogen-bond donors (Lipinski definition) is 1. The third-order valence-electron chi connectivity index (χ3n) is 2.29. The molecule has 0 fully saturated rings. The molecule has 4 nitrogen and oxygen atoms in total. The molecule has 0 aliphatic carbocycles. The molecule has 0 amide bonds. The molecule has 0 aliphatic heterocycles. The summed E-state index contributed by atoms with van der Waals surface area (Å²) in [6.07, 6.45) is 1.35. The normalized spacial score (nSPS) is 10.3. The van der Waals surface area contributed by atoms with Crippen molar-refractivity contribution in [2.75, 3.05) is 5.73 Å². The molecule has 76 valence electrons. The number of rotatable bonds is 1. The number of nitrogens with zero attached hydrogens (tertiary/aromatic N) is 3. The predicted molar refractivity (Wildman–Crippen MR) is 59.1 cm³/mol. The van der Waals surface area contributed by atoms with Gasteiger partial charge in [-0.25, -0.2) is 4.98 Å². The molecule has 0 atom stereocenters. The molecule has 1 aromatic heterocycles. The summed E-state index contributed by atoms with van der Waals surface area (Å²) < 4.78 is 0. The summed E-state index contributed by atoms with van der Waals surface area (Å²) in [5.74, 6) is 0.414. The molecule has 2 rings (SSSR count). The number of nitrogen functional groups attached to an aromatic ring is 1. The molecule has 1 heterocycles. The Morgan fingerprint density at radius 3 is 2.67 bits per heavy atom. The molecule has 2 aromatic rings. The highest BCUT2D eigenvalue weighted by atomic mass is 15.1. The van der Waals surface area contributed by atoms with Gasteiger partial charge in [-0.3, -0.25) is 0 Å².